The van der Waals surface area contributed by atoms with Crippen molar-refractivity contribution in [2.75, 3.05) is 0 Å². The van der Waals surface area contributed by atoms with E-state index in [1.54, 1.807) is 37.3 Å². The second kappa shape index (κ2) is 6.40. The van der Waals surface area contributed by atoms with Crippen molar-refractivity contribution in [3.8, 4) is 5.75 Å². The molecular formula is C16H13ClF3NO. The van der Waals surface area contributed by atoms with E-state index < -0.39 is 11.7 Å². The summed E-state index contributed by atoms with van der Waals surface area (Å²) < 4.78 is 39.3. The highest BCUT2D eigenvalue weighted by atomic mass is 35.5. The van der Waals surface area contributed by atoms with Crippen molar-refractivity contribution in [1.29, 1.82) is 0 Å². The largest absolute Gasteiger partial charge is 0.417 e. The van der Waals surface area contributed by atoms with Gasteiger partial charge < -0.3 is 4.84 Å². The molecule has 0 aliphatic carbocycles. The van der Waals surface area contributed by atoms with Gasteiger partial charge in [-0.25, -0.2) is 0 Å². The van der Waals surface area contributed by atoms with E-state index in [0.29, 0.717) is 16.3 Å². The third-order valence-electron chi connectivity index (χ3n) is 2.97. The first-order chi connectivity index (χ1) is 10.3. The zero-order valence-corrected chi connectivity index (χ0v) is 12.7. The number of rotatable bonds is 3. The Morgan fingerprint density at radius 3 is 2.32 bits per heavy atom. The van der Waals surface area contributed by atoms with Crippen LogP contribution < -0.4 is 4.84 Å². The van der Waals surface area contributed by atoms with Crippen molar-refractivity contribution >= 4 is 17.3 Å². The molecule has 0 radical (unpaired) electrons. The number of nitrogens with zero attached hydrogens (tertiary/aromatic N) is 1. The molecule has 0 unspecified atom stereocenters. The maximum Gasteiger partial charge on any atom is 0.417 e. The monoisotopic (exact) mass is 327 g/mol. The quantitative estimate of drug-likeness (QED) is 0.541. The molecule has 0 amide bonds. The molecule has 0 N–H and O–H groups in total. The van der Waals surface area contributed by atoms with E-state index in [2.05, 4.69) is 5.16 Å². The van der Waals surface area contributed by atoms with Gasteiger partial charge in [0.05, 0.1) is 11.3 Å². The van der Waals surface area contributed by atoms with E-state index in [9.17, 15) is 13.2 Å². The van der Waals surface area contributed by atoms with Gasteiger partial charge in [-0.15, -0.1) is 0 Å². The summed E-state index contributed by atoms with van der Waals surface area (Å²) in [5, 5.41) is 4.30. The summed E-state index contributed by atoms with van der Waals surface area (Å²) in [4.78, 5) is 5.14. The topological polar surface area (TPSA) is 21.6 Å². The van der Waals surface area contributed by atoms with Gasteiger partial charge in [0, 0.05) is 10.6 Å². The van der Waals surface area contributed by atoms with Crippen molar-refractivity contribution < 1.29 is 18.0 Å². The van der Waals surface area contributed by atoms with Gasteiger partial charge in [0.1, 0.15) is 0 Å². The van der Waals surface area contributed by atoms with Gasteiger partial charge in [-0.3, -0.25) is 0 Å². The predicted molar refractivity (Wildman–Crippen MR) is 80.5 cm³/mol. The molecule has 6 heteroatoms. The van der Waals surface area contributed by atoms with Crippen LogP contribution in [0.5, 0.6) is 5.75 Å². The lowest BCUT2D eigenvalue weighted by atomic mass is 10.0. The fraction of sp³-hybridized carbons (Fsp3) is 0.188. The van der Waals surface area contributed by atoms with E-state index >= 15 is 0 Å². The molecule has 0 fully saturated rings. The molecule has 2 nitrogen and oxygen atoms in total. The SMILES string of the molecule is C/C(=N/Oc1ccc(Cl)cc1)c1ccc(C)cc1C(F)(F)F. The van der Waals surface area contributed by atoms with Crippen molar-refractivity contribution in [1.82, 2.24) is 0 Å². The van der Waals surface area contributed by atoms with E-state index in [0.717, 1.165) is 6.07 Å². The molecule has 0 aromatic heterocycles. The van der Waals surface area contributed by atoms with Crippen molar-refractivity contribution in [3.05, 3.63) is 64.2 Å². The van der Waals surface area contributed by atoms with E-state index in [-0.39, 0.29) is 11.3 Å². The Labute approximate surface area is 131 Å². The molecule has 0 aliphatic heterocycles. The highest BCUT2D eigenvalue weighted by Gasteiger charge is 2.34. The Hall–Kier alpha value is -2.01. The maximum absolute atomic E-state index is 13.1. The van der Waals surface area contributed by atoms with Crippen LogP contribution in [0.2, 0.25) is 5.02 Å². The molecule has 0 bridgehead atoms. The molecule has 0 saturated heterocycles. The summed E-state index contributed by atoms with van der Waals surface area (Å²) in [7, 11) is 0. The summed E-state index contributed by atoms with van der Waals surface area (Å²) in [5.41, 5.74) is -0.0645. The molecule has 2 aromatic carbocycles. The summed E-state index contributed by atoms with van der Waals surface area (Å²) in [6, 6.07) is 10.5. The lowest BCUT2D eigenvalue weighted by molar-refractivity contribution is -0.137. The Morgan fingerprint density at radius 2 is 1.73 bits per heavy atom. The first-order valence-electron chi connectivity index (χ1n) is 6.43. The highest BCUT2D eigenvalue weighted by Crippen LogP contribution is 2.33. The van der Waals surface area contributed by atoms with Gasteiger partial charge in [0.25, 0.3) is 0 Å². The second-order valence-corrected chi connectivity index (χ2v) is 5.21. The Morgan fingerprint density at radius 1 is 1.09 bits per heavy atom. The second-order valence-electron chi connectivity index (χ2n) is 4.77. The van der Waals surface area contributed by atoms with Crippen molar-refractivity contribution in [2.45, 2.75) is 20.0 Å². The van der Waals surface area contributed by atoms with Gasteiger partial charge in [-0.05, 0) is 44.2 Å². The molecule has 0 aliphatic rings. The highest BCUT2D eigenvalue weighted by molar-refractivity contribution is 6.30. The van der Waals surface area contributed by atoms with Crippen LogP contribution in [-0.4, -0.2) is 5.71 Å². The third kappa shape index (κ3) is 4.01. The first-order valence-corrected chi connectivity index (χ1v) is 6.80. The Kier molecular flexibility index (Phi) is 4.76. The minimum atomic E-state index is -4.45. The lowest BCUT2D eigenvalue weighted by Crippen LogP contribution is -2.13. The number of aryl methyl sites for hydroxylation is 1. The van der Waals surface area contributed by atoms with Crippen molar-refractivity contribution in [3.63, 3.8) is 0 Å². The first kappa shape index (κ1) is 16.4. The van der Waals surface area contributed by atoms with Crippen LogP contribution in [0.1, 0.15) is 23.6 Å². The Bertz CT molecular complexity index is 694. The molecule has 116 valence electrons. The third-order valence-corrected chi connectivity index (χ3v) is 3.22. The van der Waals surface area contributed by atoms with Crippen LogP contribution >= 0.6 is 11.6 Å². The van der Waals surface area contributed by atoms with Gasteiger partial charge in [-0.1, -0.05) is 34.5 Å². The number of benzene rings is 2. The minimum absolute atomic E-state index is 0.00735. The molecule has 22 heavy (non-hydrogen) atoms. The van der Waals surface area contributed by atoms with E-state index in [1.807, 2.05) is 0 Å². The van der Waals surface area contributed by atoms with E-state index in [4.69, 9.17) is 16.4 Å². The van der Waals surface area contributed by atoms with Crippen molar-refractivity contribution in [2.24, 2.45) is 5.16 Å². The normalized spacial score (nSPS) is 12.4. The summed E-state index contributed by atoms with van der Waals surface area (Å²) >= 11 is 5.74. The molecule has 0 saturated carbocycles. The molecule has 2 rings (SSSR count). The average Bonchev–Trinajstić information content (AvgIpc) is 2.45. The number of hydrogen-bond donors (Lipinski definition) is 0. The average molecular weight is 328 g/mol. The fourth-order valence-corrected chi connectivity index (χ4v) is 2.00. The maximum atomic E-state index is 13.1. The predicted octanol–water partition coefficient (Wildman–Crippen LogP) is 5.47. The summed E-state index contributed by atoms with van der Waals surface area (Å²) in [6.07, 6.45) is -4.45. The molecule has 0 atom stereocenters. The molecule has 0 heterocycles. The van der Waals surface area contributed by atoms with Gasteiger partial charge in [0.2, 0.25) is 0 Å². The minimum Gasteiger partial charge on any atom is -0.357 e. The van der Waals surface area contributed by atoms with Crippen LogP contribution in [-0.2, 0) is 6.18 Å². The number of oxime groups is 1. The zero-order valence-electron chi connectivity index (χ0n) is 11.9. The standard InChI is InChI=1S/C16H13ClF3NO/c1-10-3-8-14(15(9-10)16(18,19)20)11(2)21-22-13-6-4-12(17)5-7-13/h3-9H,1-2H3/b21-11-. The number of hydrogen-bond acceptors (Lipinski definition) is 2. The Balaban J connectivity index is 2.30. The summed E-state index contributed by atoms with van der Waals surface area (Å²) in [6.45, 7) is 3.07. The number of halogens is 4. The molecular weight excluding hydrogens is 315 g/mol. The number of alkyl halides is 3. The van der Waals surface area contributed by atoms with Crippen LogP contribution in [0.4, 0.5) is 13.2 Å². The summed E-state index contributed by atoms with van der Waals surface area (Å²) in [5.74, 6) is 0.393. The van der Waals surface area contributed by atoms with Crippen LogP contribution in [0, 0.1) is 6.92 Å². The van der Waals surface area contributed by atoms with E-state index in [1.165, 1.54) is 13.0 Å². The van der Waals surface area contributed by atoms with Gasteiger partial charge >= 0.3 is 6.18 Å². The van der Waals surface area contributed by atoms with Gasteiger partial charge in [0.15, 0.2) is 5.75 Å². The lowest BCUT2D eigenvalue weighted by Gasteiger charge is -2.13. The zero-order chi connectivity index (χ0) is 16.3. The smallest absolute Gasteiger partial charge is 0.357 e. The molecule has 2 aromatic rings. The fourth-order valence-electron chi connectivity index (χ4n) is 1.87. The van der Waals surface area contributed by atoms with Crippen LogP contribution in [0.3, 0.4) is 0 Å². The molecule has 0 spiro atoms. The van der Waals surface area contributed by atoms with Crippen LogP contribution in [0.25, 0.3) is 0 Å². The van der Waals surface area contributed by atoms with Gasteiger partial charge in [-0.2, -0.15) is 13.2 Å². The van der Waals surface area contributed by atoms with Crippen LogP contribution in [0.15, 0.2) is 47.6 Å².